The van der Waals surface area contributed by atoms with E-state index in [0.717, 1.165) is 0 Å². The molecular formula is C13H12IN. The minimum atomic E-state index is 1.21. The maximum atomic E-state index is 3.38. The van der Waals surface area contributed by atoms with E-state index in [0.29, 0.717) is 0 Å². The molecule has 76 valence electrons. The summed E-state index contributed by atoms with van der Waals surface area (Å²) < 4.78 is 0. The minimum Gasteiger partial charge on any atom is -0.355 e. The Morgan fingerprint density at radius 2 is 1.13 bits per heavy atom. The van der Waals surface area contributed by atoms with Crippen LogP contribution in [-0.4, -0.2) is 9.91 Å². The predicted octanol–water partition coefficient (Wildman–Crippen LogP) is 4.37. The van der Waals surface area contributed by atoms with Crippen molar-refractivity contribution in [2.45, 2.75) is 0 Å². The number of alkyl halides is 1. The number of aromatic amines is 1. The van der Waals surface area contributed by atoms with Crippen LogP contribution in [0.1, 0.15) is 0 Å². The molecule has 1 N–H and O–H groups in total. The van der Waals surface area contributed by atoms with Gasteiger partial charge in [-0.25, -0.2) is 0 Å². The Bertz CT molecular complexity index is 518. The van der Waals surface area contributed by atoms with Crippen molar-refractivity contribution in [1.29, 1.82) is 0 Å². The summed E-state index contributed by atoms with van der Waals surface area (Å²) in [6.07, 6.45) is 0. The van der Waals surface area contributed by atoms with E-state index in [1.165, 1.54) is 21.8 Å². The van der Waals surface area contributed by atoms with Crippen molar-refractivity contribution in [1.82, 2.24) is 4.98 Å². The zero-order valence-electron chi connectivity index (χ0n) is 8.50. The number of fused-ring (bicyclic) bond motifs is 3. The fraction of sp³-hybridized carbons (Fsp3) is 0.0769. The summed E-state index contributed by atoms with van der Waals surface area (Å²) in [6.45, 7) is 0. The zero-order chi connectivity index (χ0) is 10.7. The van der Waals surface area contributed by atoms with Crippen LogP contribution in [0.25, 0.3) is 21.8 Å². The molecule has 0 unspecified atom stereocenters. The van der Waals surface area contributed by atoms with Gasteiger partial charge in [-0.05, 0) is 17.1 Å². The highest BCUT2D eigenvalue weighted by Gasteiger charge is 2.00. The first-order chi connectivity index (χ1) is 7.45. The van der Waals surface area contributed by atoms with Crippen molar-refractivity contribution in [3.63, 3.8) is 0 Å². The van der Waals surface area contributed by atoms with Gasteiger partial charge in [0.05, 0.1) is 0 Å². The molecule has 1 heterocycles. The molecule has 1 aromatic heterocycles. The normalized spacial score (nSPS) is 10.0. The molecule has 0 bridgehead atoms. The second kappa shape index (κ2) is 4.66. The van der Waals surface area contributed by atoms with Crippen molar-refractivity contribution in [3.8, 4) is 0 Å². The standard InChI is InChI=1S/C12H9N.CH3I/c1-3-7-11-9(5-1)10-6-2-4-8-12(10)13-11;1-2/h1-8,13H;1H3. The van der Waals surface area contributed by atoms with Gasteiger partial charge in [-0.1, -0.05) is 59.0 Å². The molecule has 0 saturated heterocycles. The van der Waals surface area contributed by atoms with Crippen molar-refractivity contribution < 1.29 is 0 Å². The van der Waals surface area contributed by atoms with Gasteiger partial charge >= 0.3 is 0 Å². The maximum Gasteiger partial charge on any atom is 0.0464 e. The zero-order valence-corrected chi connectivity index (χ0v) is 10.7. The summed E-state index contributed by atoms with van der Waals surface area (Å²) in [5, 5.41) is 2.61. The molecule has 0 amide bonds. The molecule has 0 spiro atoms. The van der Waals surface area contributed by atoms with Gasteiger partial charge in [0, 0.05) is 21.8 Å². The lowest BCUT2D eigenvalue weighted by molar-refractivity contribution is 1.55. The van der Waals surface area contributed by atoms with E-state index in [9.17, 15) is 0 Å². The largest absolute Gasteiger partial charge is 0.355 e. The molecule has 2 aromatic carbocycles. The Labute approximate surface area is 103 Å². The predicted molar refractivity (Wildman–Crippen MR) is 75.7 cm³/mol. The Balaban J connectivity index is 0.000000404. The SMILES string of the molecule is CI.c1ccc2c(c1)[nH]c1ccccc12. The number of aromatic nitrogens is 1. The lowest BCUT2D eigenvalue weighted by atomic mass is 10.2. The van der Waals surface area contributed by atoms with Crippen LogP contribution in [0, 0.1) is 0 Å². The maximum absolute atomic E-state index is 3.38. The second-order valence-electron chi connectivity index (χ2n) is 3.22. The minimum absolute atomic E-state index is 1.21. The van der Waals surface area contributed by atoms with Crippen LogP contribution in [0.2, 0.25) is 0 Å². The molecule has 3 rings (SSSR count). The van der Waals surface area contributed by atoms with Gasteiger partial charge in [0.25, 0.3) is 0 Å². The van der Waals surface area contributed by atoms with Gasteiger partial charge < -0.3 is 4.98 Å². The van der Waals surface area contributed by atoms with Crippen LogP contribution >= 0.6 is 22.6 Å². The summed E-state index contributed by atoms with van der Waals surface area (Å²) in [5.41, 5.74) is 2.42. The van der Waals surface area contributed by atoms with Crippen molar-refractivity contribution in [2.75, 3.05) is 4.93 Å². The third-order valence-electron chi connectivity index (χ3n) is 2.41. The van der Waals surface area contributed by atoms with Crippen molar-refractivity contribution >= 4 is 44.4 Å². The molecule has 0 atom stereocenters. The van der Waals surface area contributed by atoms with E-state index in [1.807, 2.05) is 4.93 Å². The monoisotopic (exact) mass is 309 g/mol. The summed E-state index contributed by atoms with van der Waals surface area (Å²) in [6, 6.07) is 16.8. The number of hydrogen-bond acceptors (Lipinski definition) is 0. The van der Waals surface area contributed by atoms with Gasteiger partial charge in [0.2, 0.25) is 0 Å². The van der Waals surface area contributed by atoms with Gasteiger partial charge in [0.15, 0.2) is 0 Å². The molecule has 2 heteroatoms. The molecule has 0 aliphatic rings. The lowest BCUT2D eigenvalue weighted by Crippen LogP contribution is -1.62. The van der Waals surface area contributed by atoms with Crippen molar-refractivity contribution in [2.24, 2.45) is 0 Å². The van der Waals surface area contributed by atoms with E-state index >= 15 is 0 Å². The first-order valence-electron chi connectivity index (χ1n) is 4.78. The summed E-state index contributed by atoms with van der Waals surface area (Å²) in [4.78, 5) is 5.35. The van der Waals surface area contributed by atoms with Crippen LogP contribution in [0.5, 0.6) is 0 Å². The summed E-state index contributed by atoms with van der Waals surface area (Å²) in [7, 11) is 0. The molecule has 15 heavy (non-hydrogen) atoms. The highest BCUT2D eigenvalue weighted by Crippen LogP contribution is 2.24. The highest BCUT2D eigenvalue weighted by molar-refractivity contribution is 14.1. The quantitative estimate of drug-likeness (QED) is 0.469. The first-order valence-corrected chi connectivity index (χ1v) is 6.94. The van der Waals surface area contributed by atoms with E-state index in [4.69, 9.17) is 0 Å². The third-order valence-corrected chi connectivity index (χ3v) is 2.41. The first kappa shape index (κ1) is 10.5. The molecule has 0 aliphatic heterocycles. The van der Waals surface area contributed by atoms with Crippen LogP contribution < -0.4 is 0 Å². The molecule has 3 aromatic rings. The smallest absolute Gasteiger partial charge is 0.0464 e. The number of para-hydroxylation sites is 2. The fourth-order valence-electron chi connectivity index (χ4n) is 1.80. The number of hydrogen-bond donors (Lipinski definition) is 1. The van der Waals surface area contributed by atoms with Crippen LogP contribution in [0.4, 0.5) is 0 Å². The number of nitrogens with one attached hydrogen (secondary N) is 1. The summed E-state index contributed by atoms with van der Waals surface area (Å²) >= 11 is 2.15. The molecule has 0 aliphatic carbocycles. The highest BCUT2D eigenvalue weighted by atomic mass is 127. The molecule has 0 fully saturated rings. The Morgan fingerprint density at radius 3 is 1.60 bits per heavy atom. The summed E-state index contributed by atoms with van der Waals surface area (Å²) in [5.74, 6) is 0. The fourth-order valence-corrected chi connectivity index (χ4v) is 1.80. The number of H-pyrrole nitrogens is 1. The second-order valence-corrected chi connectivity index (χ2v) is 3.22. The van der Waals surface area contributed by atoms with Crippen LogP contribution in [0.3, 0.4) is 0 Å². The van der Waals surface area contributed by atoms with E-state index in [2.05, 4.69) is 76.1 Å². The topological polar surface area (TPSA) is 15.8 Å². The lowest BCUT2D eigenvalue weighted by Gasteiger charge is -1.87. The van der Waals surface area contributed by atoms with Crippen LogP contribution in [0.15, 0.2) is 48.5 Å². The number of rotatable bonds is 0. The van der Waals surface area contributed by atoms with E-state index < -0.39 is 0 Å². The van der Waals surface area contributed by atoms with Gasteiger partial charge in [-0.2, -0.15) is 0 Å². The number of halogens is 1. The number of benzene rings is 2. The average molecular weight is 309 g/mol. The third kappa shape index (κ3) is 1.86. The van der Waals surface area contributed by atoms with Crippen LogP contribution in [-0.2, 0) is 0 Å². The van der Waals surface area contributed by atoms with Gasteiger partial charge in [-0.15, -0.1) is 0 Å². The molecule has 0 radical (unpaired) electrons. The Morgan fingerprint density at radius 1 is 0.733 bits per heavy atom. The Kier molecular flexibility index (Phi) is 3.26. The van der Waals surface area contributed by atoms with E-state index in [1.54, 1.807) is 0 Å². The Hall–Kier alpha value is -1.03. The molecular weight excluding hydrogens is 297 g/mol. The van der Waals surface area contributed by atoms with Gasteiger partial charge in [-0.3, -0.25) is 0 Å². The van der Waals surface area contributed by atoms with Gasteiger partial charge in [0.1, 0.15) is 0 Å². The molecule has 0 saturated carbocycles. The van der Waals surface area contributed by atoms with Crippen molar-refractivity contribution in [3.05, 3.63) is 48.5 Å². The van der Waals surface area contributed by atoms with E-state index in [-0.39, 0.29) is 0 Å². The average Bonchev–Trinajstić information content (AvgIpc) is 2.70. The molecule has 1 nitrogen and oxygen atoms in total.